The lowest BCUT2D eigenvalue weighted by Gasteiger charge is -2.12. The number of carbonyl (C=O) groups is 1. The van der Waals surface area contributed by atoms with Crippen molar-refractivity contribution in [2.75, 3.05) is 18.2 Å². The normalized spacial score (nSPS) is 15.1. The summed E-state index contributed by atoms with van der Waals surface area (Å²) in [6.45, 7) is 0. The van der Waals surface area contributed by atoms with Crippen LogP contribution >= 0.6 is 11.8 Å². The molecule has 0 radical (unpaired) electrons. The van der Waals surface area contributed by atoms with E-state index in [-0.39, 0.29) is 5.91 Å². The SMILES string of the molecule is COc1cc2c(cc1NC(=O)CSC1CCCC1)oc1ccccc12. The molecule has 130 valence electrons. The van der Waals surface area contributed by atoms with E-state index in [0.717, 1.165) is 21.9 Å². The highest BCUT2D eigenvalue weighted by atomic mass is 32.2. The molecule has 0 spiro atoms. The third-order valence-corrected chi connectivity index (χ3v) is 6.10. The number of hydrogen-bond donors (Lipinski definition) is 1. The molecule has 1 amide bonds. The number of amides is 1. The lowest BCUT2D eigenvalue weighted by Crippen LogP contribution is -2.16. The number of carbonyl (C=O) groups excluding carboxylic acids is 1. The van der Waals surface area contributed by atoms with Crippen molar-refractivity contribution in [2.24, 2.45) is 0 Å². The third kappa shape index (κ3) is 3.33. The summed E-state index contributed by atoms with van der Waals surface area (Å²) in [5.41, 5.74) is 2.24. The van der Waals surface area contributed by atoms with E-state index in [1.54, 1.807) is 18.9 Å². The van der Waals surface area contributed by atoms with Crippen LogP contribution in [0.2, 0.25) is 0 Å². The highest BCUT2D eigenvalue weighted by molar-refractivity contribution is 8.00. The molecule has 4 nitrogen and oxygen atoms in total. The Morgan fingerprint density at radius 1 is 1.20 bits per heavy atom. The largest absolute Gasteiger partial charge is 0.495 e. The van der Waals surface area contributed by atoms with E-state index < -0.39 is 0 Å². The van der Waals surface area contributed by atoms with E-state index >= 15 is 0 Å². The number of ether oxygens (including phenoxy) is 1. The van der Waals surface area contributed by atoms with Crippen molar-refractivity contribution in [1.82, 2.24) is 0 Å². The molecule has 1 fully saturated rings. The van der Waals surface area contributed by atoms with Gasteiger partial charge >= 0.3 is 0 Å². The maximum Gasteiger partial charge on any atom is 0.234 e. The number of nitrogens with one attached hydrogen (secondary N) is 1. The van der Waals surface area contributed by atoms with E-state index in [4.69, 9.17) is 9.15 Å². The number of rotatable bonds is 5. The van der Waals surface area contributed by atoms with Crippen molar-refractivity contribution < 1.29 is 13.9 Å². The quantitative estimate of drug-likeness (QED) is 0.683. The molecule has 1 heterocycles. The van der Waals surface area contributed by atoms with Crippen molar-refractivity contribution in [1.29, 1.82) is 0 Å². The predicted molar refractivity (Wildman–Crippen MR) is 104 cm³/mol. The summed E-state index contributed by atoms with van der Waals surface area (Å²) in [7, 11) is 1.62. The van der Waals surface area contributed by atoms with Gasteiger partial charge in [0.25, 0.3) is 0 Å². The smallest absolute Gasteiger partial charge is 0.234 e. The fraction of sp³-hybridized carbons (Fsp3) is 0.350. The molecule has 1 saturated carbocycles. The number of thioether (sulfide) groups is 1. The van der Waals surface area contributed by atoms with Gasteiger partial charge in [0.05, 0.1) is 18.6 Å². The first-order valence-electron chi connectivity index (χ1n) is 8.65. The first-order valence-corrected chi connectivity index (χ1v) is 9.70. The molecule has 0 aliphatic heterocycles. The van der Waals surface area contributed by atoms with Crippen LogP contribution in [-0.2, 0) is 4.79 Å². The molecule has 0 atom stereocenters. The first-order chi connectivity index (χ1) is 12.2. The Morgan fingerprint density at radius 3 is 2.80 bits per heavy atom. The second kappa shape index (κ2) is 7.00. The van der Waals surface area contributed by atoms with Crippen molar-refractivity contribution >= 4 is 45.3 Å². The summed E-state index contributed by atoms with van der Waals surface area (Å²) in [4.78, 5) is 12.3. The van der Waals surface area contributed by atoms with Gasteiger partial charge in [0.15, 0.2) is 0 Å². The zero-order valence-electron chi connectivity index (χ0n) is 14.2. The van der Waals surface area contributed by atoms with Gasteiger partial charge in [-0.1, -0.05) is 31.0 Å². The van der Waals surface area contributed by atoms with E-state index in [1.807, 2.05) is 36.4 Å². The van der Waals surface area contributed by atoms with Crippen LogP contribution in [-0.4, -0.2) is 24.0 Å². The highest BCUT2D eigenvalue weighted by Gasteiger charge is 2.18. The van der Waals surface area contributed by atoms with Crippen molar-refractivity contribution in [3.63, 3.8) is 0 Å². The zero-order valence-corrected chi connectivity index (χ0v) is 15.0. The van der Waals surface area contributed by atoms with Crippen LogP contribution in [0, 0.1) is 0 Å². The van der Waals surface area contributed by atoms with Crippen LogP contribution in [0.1, 0.15) is 25.7 Å². The minimum absolute atomic E-state index is 0.00524. The van der Waals surface area contributed by atoms with Crippen molar-refractivity contribution in [3.05, 3.63) is 36.4 Å². The molecule has 3 aromatic rings. The monoisotopic (exact) mass is 355 g/mol. The van der Waals surface area contributed by atoms with Crippen LogP contribution in [0.3, 0.4) is 0 Å². The maximum atomic E-state index is 12.3. The summed E-state index contributed by atoms with van der Waals surface area (Å²) >= 11 is 1.76. The Labute approximate surface area is 150 Å². The van der Waals surface area contributed by atoms with E-state index in [0.29, 0.717) is 22.4 Å². The van der Waals surface area contributed by atoms with E-state index in [1.165, 1.54) is 25.7 Å². The molecule has 4 rings (SSSR count). The van der Waals surface area contributed by atoms with Gasteiger partial charge in [0.1, 0.15) is 16.9 Å². The predicted octanol–water partition coefficient (Wildman–Crippen LogP) is 5.21. The molecule has 1 aromatic heterocycles. The summed E-state index contributed by atoms with van der Waals surface area (Å²) < 4.78 is 11.4. The minimum atomic E-state index is 0.00524. The average molecular weight is 355 g/mol. The Balaban J connectivity index is 1.57. The number of hydrogen-bond acceptors (Lipinski definition) is 4. The maximum absolute atomic E-state index is 12.3. The summed E-state index contributed by atoms with van der Waals surface area (Å²) in [5.74, 6) is 1.13. The number of benzene rings is 2. The Morgan fingerprint density at radius 2 is 2.00 bits per heavy atom. The molecule has 5 heteroatoms. The van der Waals surface area contributed by atoms with Crippen molar-refractivity contribution in [2.45, 2.75) is 30.9 Å². The van der Waals surface area contributed by atoms with Crippen LogP contribution in [0.15, 0.2) is 40.8 Å². The molecular formula is C20H21NO3S. The molecule has 25 heavy (non-hydrogen) atoms. The first kappa shape index (κ1) is 16.3. The summed E-state index contributed by atoms with van der Waals surface area (Å²) in [6.07, 6.45) is 5.03. The van der Waals surface area contributed by atoms with Crippen molar-refractivity contribution in [3.8, 4) is 5.75 Å². The van der Waals surface area contributed by atoms with Gasteiger partial charge in [0.2, 0.25) is 5.91 Å². The molecule has 0 unspecified atom stereocenters. The highest BCUT2D eigenvalue weighted by Crippen LogP contribution is 2.36. The van der Waals surface area contributed by atoms with Crippen LogP contribution in [0.4, 0.5) is 5.69 Å². The number of furan rings is 1. The lowest BCUT2D eigenvalue weighted by molar-refractivity contribution is -0.113. The number of para-hydroxylation sites is 1. The third-order valence-electron chi connectivity index (χ3n) is 4.73. The molecule has 1 aliphatic carbocycles. The lowest BCUT2D eigenvalue weighted by atomic mass is 10.1. The fourth-order valence-corrected chi connectivity index (χ4v) is 4.58. The standard InChI is InChI=1S/C20H21NO3S/c1-23-19-10-15-14-8-4-5-9-17(14)24-18(15)11-16(19)21-20(22)12-25-13-6-2-3-7-13/h4-5,8-11,13H,2-3,6-7,12H2,1H3,(H,21,22). The Hall–Kier alpha value is -2.14. The number of methoxy groups -OCH3 is 1. The second-order valence-electron chi connectivity index (χ2n) is 6.41. The van der Waals surface area contributed by atoms with Gasteiger partial charge in [-0.05, 0) is 25.0 Å². The molecule has 0 bridgehead atoms. The van der Waals surface area contributed by atoms with Gasteiger partial charge in [0, 0.05) is 22.1 Å². The van der Waals surface area contributed by atoms with Gasteiger partial charge in [-0.3, -0.25) is 4.79 Å². The molecule has 0 saturated heterocycles. The van der Waals surface area contributed by atoms with Crippen LogP contribution < -0.4 is 10.1 Å². The Kier molecular flexibility index (Phi) is 4.57. The number of fused-ring (bicyclic) bond motifs is 3. The van der Waals surface area contributed by atoms with Gasteiger partial charge in [-0.15, -0.1) is 11.8 Å². The van der Waals surface area contributed by atoms with Gasteiger partial charge in [-0.25, -0.2) is 0 Å². The Bertz CT molecular complexity index is 912. The van der Waals surface area contributed by atoms with Crippen LogP contribution in [0.25, 0.3) is 21.9 Å². The van der Waals surface area contributed by atoms with E-state index in [2.05, 4.69) is 5.32 Å². The summed E-state index contributed by atoms with van der Waals surface area (Å²) in [5, 5.41) is 5.65. The zero-order chi connectivity index (χ0) is 17.2. The topological polar surface area (TPSA) is 51.5 Å². The van der Waals surface area contributed by atoms with Crippen LogP contribution in [0.5, 0.6) is 5.75 Å². The number of anilines is 1. The molecular weight excluding hydrogens is 334 g/mol. The molecule has 2 aromatic carbocycles. The van der Waals surface area contributed by atoms with E-state index in [9.17, 15) is 4.79 Å². The van der Waals surface area contributed by atoms with Gasteiger partial charge < -0.3 is 14.5 Å². The van der Waals surface area contributed by atoms with Gasteiger partial charge in [-0.2, -0.15) is 0 Å². The second-order valence-corrected chi connectivity index (χ2v) is 7.70. The minimum Gasteiger partial charge on any atom is -0.495 e. The molecule has 1 N–H and O–H groups in total. The molecule has 1 aliphatic rings. The average Bonchev–Trinajstić information content (AvgIpc) is 3.26. The fourth-order valence-electron chi connectivity index (χ4n) is 3.45. The summed E-state index contributed by atoms with van der Waals surface area (Å²) in [6, 6.07) is 11.7.